The molecule has 0 aromatic rings. The minimum absolute atomic E-state index is 0.00169. The molecule has 12 heteroatoms. The van der Waals surface area contributed by atoms with Crippen molar-refractivity contribution in [2.75, 3.05) is 27.2 Å². The van der Waals surface area contributed by atoms with Crippen molar-refractivity contribution >= 4 is 35.4 Å². The van der Waals surface area contributed by atoms with Gasteiger partial charge in [0, 0.05) is 20.6 Å². The molecule has 5 N–H and O–H groups in total. The van der Waals surface area contributed by atoms with E-state index in [4.69, 9.17) is 5.73 Å². The van der Waals surface area contributed by atoms with Crippen molar-refractivity contribution in [3.63, 3.8) is 0 Å². The second kappa shape index (κ2) is 13.6. The van der Waals surface area contributed by atoms with E-state index < -0.39 is 53.1 Å². The molecular formula is C26H46N6O6. The summed E-state index contributed by atoms with van der Waals surface area (Å²) in [6.07, 6.45) is 0.777. The van der Waals surface area contributed by atoms with E-state index in [1.165, 1.54) is 9.80 Å². The fourth-order valence-corrected chi connectivity index (χ4v) is 4.54. The Bertz CT molecular complexity index is 910. The van der Waals surface area contributed by atoms with Gasteiger partial charge in [0.1, 0.15) is 12.1 Å². The average molecular weight is 539 g/mol. The summed E-state index contributed by atoms with van der Waals surface area (Å²) in [5.41, 5.74) is 4.49. The topological polar surface area (TPSA) is 171 Å². The van der Waals surface area contributed by atoms with Gasteiger partial charge in [0.2, 0.25) is 23.5 Å². The number of rotatable bonds is 11. The highest BCUT2D eigenvalue weighted by molar-refractivity contribution is 6.37. The van der Waals surface area contributed by atoms with Crippen LogP contribution in [0.4, 0.5) is 4.79 Å². The molecule has 4 atom stereocenters. The van der Waals surface area contributed by atoms with Crippen LogP contribution in [0.2, 0.25) is 0 Å². The summed E-state index contributed by atoms with van der Waals surface area (Å²) in [6, 6.07) is -3.68. The van der Waals surface area contributed by atoms with E-state index in [9.17, 15) is 28.8 Å². The van der Waals surface area contributed by atoms with E-state index in [0.29, 0.717) is 6.42 Å². The number of nitrogens with one attached hydrogen (secondary N) is 3. The number of hydrogen-bond donors (Lipinski definition) is 4. The van der Waals surface area contributed by atoms with Gasteiger partial charge in [-0.15, -0.1) is 0 Å². The van der Waals surface area contributed by atoms with Gasteiger partial charge < -0.3 is 31.5 Å². The third-order valence-electron chi connectivity index (χ3n) is 6.72. The molecule has 1 aliphatic heterocycles. The lowest BCUT2D eigenvalue weighted by molar-refractivity contribution is -0.144. The number of likely N-dealkylation sites (tertiary alicyclic amines) is 1. The van der Waals surface area contributed by atoms with Crippen LogP contribution < -0.4 is 21.7 Å². The Balaban J connectivity index is 3.24. The lowest BCUT2D eigenvalue weighted by atomic mass is 9.84. The number of Topliss-reactive ketones (excluding diaryl/α,β-unsaturated/α-hetero) is 1. The van der Waals surface area contributed by atoms with Crippen molar-refractivity contribution in [2.24, 2.45) is 28.9 Å². The van der Waals surface area contributed by atoms with Gasteiger partial charge in [0.05, 0.1) is 12.6 Å². The Morgan fingerprint density at radius 2 is 1.58 bits per heavy atom. The molecule has 216 valence electrons. The summed E-state index contributed by atoms with van der Waals surface area (Å²) < 4.78 is 0. The molecule has 0 aromatic heterocycles. The molecular weight excluding hydrogens is 492 g/mol. The number of nitrogens with zero attached hydrogens (tertiary/aromatic N) is 2. The van der Waals surface area contributed by atoms with Crippen LogP contribution in [0.15, 0.2) is 0 Å². The maximum Gasteiger partial charge on any atom is 0.315 e. The highest BCUT2D eigenvalue weighted by Gasteiger charge is 2.47. The van der Waals surface area contributed by atoms with Gasteiger partial charge in [-0.25, -0.2) is 4.79 Å². The van der Waals surface area contributed by atoms with Gasteiger partial charge in [-0.2, -0.15) is 0 Å². The minimum Gasteiger partial charge on any atom is -0.363 e. The molecule has 6 amide bonds. The Kier molecular flexibility index (Phi) is 11.7. The third-order valence-corrected chi connectivity index (χ3v) is 6.72. The summed E-state index contributed by atoms with van der Waals surface area (Å²) in [6.45, 7) is 13.0. The van der Waals surface area contributed by atoms with Crippen molar-refractivity contribution in [1.82, 2.24) is 25.8 Å². The normalized spacial score (nSPS) is 19.1. The predicted octanol–water partition coefficient (Wildman–Crippen LogP) is 0.247. The van der Waals surface area contributed by atoms with E-state index in [0.717, 1.165) is 0 Å². The second-order valence-electron chi connectivity index (χ2n) is 12.0. The monoisotopic (exact) mass is 538 g/mol. The molecule has 0 bridgehead atoms. The summed E-state index contributed by atoms with van der Waals surface area (Å²) >= 11 is 0. The van der Waals surface area contributed by atoms with Crippen LogP contribution in [0.5, 0.6) is 0 Å². The van der Waals surface area contributed by atoms with Crippen molar-refractivity contribution < 1.29 is 28.8 Å². The van der Waals surface area contributed by atoms with Crippen molar-refractivity contribution in [3.8, 4) is 0 Å². The molecule has 1 fully saturated rings. The highest BCUT2D eigenvalue weighted by Crippen LogP contribution is 2.33. The molecule has 38 heavy (non-hydrogen) atoms. The van der Waals surface area contributed by atoms with Crippen LogP contribution in [-0.4, -0.2) is 90.6 Å². The number of likely N-dealkylation sites (N-methyl/N-ethyl adjacent to an activating group) is 1. The molecule has 1 aliphatic rings. The summed E-state index contributed by atoms with van der Waals surface area (Å²) in [5, 5.41) is 7.82. The van der Waals surface area contributed by atoms with E-state index in [-0.39, 0.29) is 43.2 Å². The molecule has 1 saturated heterocycles. The Labute approximate surface area is 225 Å². The van der Waals surface area contributed by atoms with Crippen LogP contribution in [0.3, 0.4) is 0 Å². The first kappa shape index (κ1) is 32.8. The van der Waals surface area contributed by atoms with Crippen molar-refractivity contribution in [3.05, 3.63) is 0 Å². The molecule has 0 aliphatic carbocycles. The minimum atomic E-state index is -1.13. The molecule has 1 rings (SSSR count). The van der Waals surface area contributed by atoms with E-state index in [1.807, 2.05) is 27.7 Å². The second-order valence-corrected chi connectivity index (χ2v) is 12.0. The molecule has 0 saturated carbocycles. The number of nitrogens with two attached hydrogens (primary N) is 1. The first-order valence-corrected chi connectivity index (χ1v) is 13.1. The molecule has 0 aromatic carbocycles. The van der Waals surface area contributed by atoms with Gasteiger partial charge in [-0.1, -0.05) is 48.5 Å². The molecule has 0 spiro atoms. The van der Waals surface area contributed by atoms with Crippen LogP contribution in [0, 0.1) is 23.2 Å². The summed E-state index contributed by atoms with van der Waals surface area (Å²) in [4.78, 5) is 78.7. The van der Waals surface area contributed by atoms with Crippen molar-refractivity contribution in [1.29, 1.82) is 0 Å². The van der Waals surface area contributed by atoms with Gasteiger partial charge >= 0.3 is 6.03 Å². The highest BCUT2D eigenvalue weighted by atomic mass is 16.2. The van der Waals surface area contributed by atoms with Crippen LogP contribution in [0.1, 0.15) is 61.3 Å². The largest absolute Gasteiger partial charge is 0.363 e. The summed E-state index contributed by atoms with van der Waals surface area (Å²) in [7, 11) is 3.13. The number of carbonyl (C=O) groups is 6. The molecule has 1 heterocycles. The van der Waals surface area contributed by atoms with Crippen LogP contribution in [0.25, 0.3) is 0 Å². The Hall–Kier alpha value is -3.18. The first-order chi connectivity index (χ1) is 17.4. The lowest BCUT2D eigenvalue weighted by Crippen LogP contribution is -2.61. The molecule has 4 unspecified atom stereocenters. The van der Waals surface area contributed by atoms with Gasteiger partial charge in [0.15, 0.2) is 0 Å². The summed E-state index contributed by atoms with van der Waals surface area (Å²) in [5.74, 6) is -3.47. The van der Waals surface area contributed by atoms with Gasteiger partial charge in [-0.3, -0.25) is 24.0 Å². The Morgan fingerprint density at radius 1 is 1.00 bits per heavy atom. The van der Waals surface area contributed by atoms with Gasteiger partial charge in [-0.05, 0) is 36.0 Å². The number of primary amides is 1. The lowest BCUT2D eigenvalue weighted by Gasteiger charge is -2.37. The van der Waals surface area contributed by atoms with E-state index in [2.05, 4.69) is 16.0 Å². The number of carbonyl (C=O) groups excluding carboxylic acids is 6. The zero-order chi connectivity index (χ0) is 29.5. The van der Waals surface area contributed by atoms with E-state index in [1.54, 1.807) is 34.9 Å². The maximum absolute atomic E-state index is 13.8. The van der Waals surface area contributed by atoms with Gasteiger partial charge in [0.25, 0.3) is 5.91 Å². The first-order valence-electron chi connectivity index (χ1n) is 13.1. The molecule has 12 nitrogen and oxygen atoms in total. The number of hydrogen-bond acceptors (Lipinski definition) is 6. The number of ketones is 1. The quantitative estimate of drug-likeness (QED) is 0.275. The zero-order valence-electron chi connectivity index (χ0n) is 24.2. The van der Waals surface area contributed by atoms with Crippen molar-refractivity contribution in [2.45, 2.75) is 79.4 Å². The third kappa shape index (κ3) is 8.98. The SMILES string of the molecule is CC(C)CC(NC(=O)C1C(C(C)C)CCN1C(=O)C(NC(=O)NCC(=O)N(C)C)C(C)(C)C)C(=O)C(N)=O. The molecule has 0 radical (unpaired) electrons. The standard InChI is InChI=1S/C26H46N6O6/c1-14(2)12-17(20(34)22(27)35)29-23(36)19-16(15(3)4)10-11-32(19)24(37)21(26(5,6)7)30-25(38)28-13-18(33)31(8)9/h14-17,19,21H,10-13H2,1-9H3,(H2,27,35)(H,29,36)(H2,28,30,38). The number of amides is 6. The fourth-order valence-electron chi connectivity index (χ4n) is 4.54. The predicted molar refractivity (Wildman–Crippen MR) is 143 cm³/mol. The van der Waals surface area contributed by atoms with E-state index >= 15 is 0 Å². The fraction of sp³-hybridized carbons (Fsp3) is 0.769. The number of urea groups is 1. The van der Waals surface area contributed by atoms with Crippen LogP contribution in [-0.2, 0) is 24.0 Å². The average Bonchev–Trinajstić information content (AvgIpc) is 3.24. The zero-order valence-corrected chi connectivity index (χ0v) is 24.2. The maximum atomic E-state index is 13.8. The smallest absolute Gasteiger partial charge is 0.315 e. The van der Waals surface area contributed by atoms with Crippen LogP contribution >= 0.6 is 0 Å². The Morgan fingerprint density at radius 3 is 2.03 bits per heavy atom.